The molecule has 1 unspecified atom stereocenters. The van der Waals surface area contributed by atoms with E-state index in [2.05, 4.69) is 17.2 Å². The van der Waals surface area contributed by atoms with Gasteiger partial charge in [0.2, 0.25) is 0 Å². The van der Waals surface area contributed by atoms with Crippen molar-refractivity contribution in [1.29, 1.82) is 0 Å². The van der Waals surface area contributed by atoms with Crippen LogP contribution in [0.4, 0.5) is 11.4 Å². The maximum atomic E-state index is 5.77. The van der Waals surface area contributed by atoms with Crippen LogP contribution in [0.2, 0.25) is 0 Å². The summed E-state index contributed by atoms with van der Waals surface area (Å²) in [6, 6.07) is 8.47. The molecule has 1 aliphatic rings. The molecule has 3 heteroatoms. The number of nitrogens with zero attached hydrogens (tertiary/aromatic N) is 1. The molecule has 1 aromatic heterocycles. The lowest BCUT2D eigenvalue weighted by molar-refractivity contribution is 0.695. The zero-order valence-electron chi connectivity index (χ0n) is 9.98. The van der Waals surface area contributed by atoms with Crippen molar-refractivity contribution in [2.45, 2.75) is 25.8 Å². The van der Waals surface area contributed by atoms with Crippen molar-refractivity contribution in [3.05, 3.63) is 30.5 Å². The van der Waals surface area contributed by atoms with E-state index in [9.17, 15) is 0 Å². The van der Waals surface area contributed by atoms with E-state index < -0.39 is 0 Å². The normalized spacial score (nSPS) is 17.0. The minimum Gasteiger partial charge on any atom is -0.399 e. The molecule has 1 heterocycles. The van der Waals surface area contributed by atoms with Crippen LogP contribution in [0.3, 0.4) is 0 Å². The molecule has 0 saturated heterocycles. The summed E-state index contributed by atoms with van der Waals surface area (Å²) >= 11 is 0. The Balaban J connectivity index is 1.97. The Hall–Kier alpha value is -1.77. The van der Waals surface area contributed by atoms with Gasteiger partial charge in [-0.15, -0.1) is 0 Å². The second-order valence-corrected chi connectivity index (χ2v) is 4.91. The van der Waals surface area contributed by atoms with Crippen molar-refractivity contribution < 1.29 is 0 Å². The number of hydrogen-bond donors (Lipinski definition) is 2. The fraction of sp³-hybridized carbons (Fsp3) is 0.357. The first-order chi connectivity index (χ1) is 8.24. The van der Waals surface area contributed by atoms with Gasteiger partial charge in [0.25, 0.3) is 0 Å². The van der Waals surface area contributed by atoms with Crippen LogP contribution in [0.15, 0.2) is 30.5 Å². The predicted molar refractivity (Wildman–Crippen MR) is 72.0 cm³/mol. The fourth-order valence-electron chi connectivity index (χ4n) is 2.25. The Morgan fingerprint density at radius 3 is 2.94 bits per heavy atom. The molecule has 0 spiro atoms. The lowest BCUT2D eigenvalue weighted by Gasteiger charge is -2.16. The number of nitrogens with two attached hydrogens (primary N) is 1. The lowest BCUT2D eigenvalue weighted by atomic mass is 10.1. The summed E-state index contributed by atoms with van der Waals surface area (Å²) in [4.78, 5) is 4.35. The maximum Gasteiger partial charge on any atom is 0.0743 e. The van der Waals surface area contributed by atoms with E-state index in [1.165, 1.54) is 12.8 Å². The van der Waals surface area contributed by atoms with Gasteiger partial charge in [-0.2, -0.15) is 0 Å². The number of nitrogen functional groups attached to an aromatic ring is 1. The molecule has 3 N–H and O–H groups in total. The van der Waals surface area contributed by atoms with Crippen molar-refractivity contribution in [3.8, 4) is 0 Å². The Morgan fingerprint density at radius 2 is 2.18 bits per heavy atom. The summed E-state index contributed by atoms with van der Waals surface area (Å²) in [5.74, 6) is 0.840. The number of fused-ring (bicyclic) bond motifs is 1. The van der Waals surface area contributed by atoms with Gasteiger partial charge in [-0.05, 0) is 49.9 Å². The van der Waals surface area contributed by atoms with Crippen molar-refractivity contribution >= 4 is 22.3 Å². The predicted octanol–water partition coefficient (Wildman–Crippen LogP) is 3.03. The molecule has 0 amide bonds. The number of nitrogens with one attached hydrogen (secondary N) is 1. The van der Waals surface area contributed by atoms with Gasteiger partial charge in [-0.3, -0.25) is 4.98 Å². The third-order valence-corrected chi connectivity index (χ3v) is 3.48. The highest BCUT2D eigenvalue weighted by Gasteiger charge is 2.27. The summed E-state index contributed by atoms with van der Waals surface area (Å²) in [5, 5.41) is 4.73. The standard InChI is InChI=1S/C14H17N3/c1-9(10-2-3-10)17-13-6-7-16-14-8-11(15)4-5-12(13)14/h4-10H,2-3,15H2,1H3,(H,16,17). The van der Waals surface area contributed by atoms with Gasteiger partial charge < -0.3 is 11.1 Å². The average Bonchev–Trinajstić information content (AvgIpc) is 3.12. The number of anilines is 2. The summed E-state index contributed by atoms with van der Waals surface area (Å²) in [6.45, 7) is 2.25. The molecule has 1 atom stereocenters. The highest BCUT2D eigenvalue weighted by atomic mass is 14.9. The maximum absolute atomic E-state index is 5.77. The quantitative estimate of drug-likeness (QED) is 0.792. The van der Waals surface area contributed by atoms with Gasteiger partial charge in [0.05, 0.1) is 5.52 Å². The van der Waals surface area contributed by atoms with E-state index in [1.807, 2.05) is 30.5 Å². The molecular formula is C14H17N3. The second-order valence-electron chi connectivity index (χ2n) is 4.91. The highest BCUT2D eigenvalue weighted by Crippen LogP contribution is 2.35. The van der Waals surface area contributed by atoms with Crippen molar-refractivity contribution in [3.63, 3.8) is 0 Å². The molecule has 88 valence electrons. The molecule has 0 radical (unpaired) electrons. The molecule has 3 rings (SSSR count). The van der Waals surface area contributed by atoms with Crippen LogP contribution in [-0.2, 0) is 0 Å². The highest BCUT2D eigenvalue weighted by molar-refractivity contribution is 5.92. The second kappa shape index (κ2) is 3.91. The molecule has 3 nitrogen and oxygen atoms in total. The zero-order chi connectivity index (χ0) is 11.8. The number of pyridine rings is 1. The van der Waals surface area contributed by atoms with Crippen LogP contribution in [0.5, 0.6) is 0 Å². The first-order valence-electron chi connectivity index (χ1n) is 6.15. The SMILES string of the molecule is CC(Nc1ccnc2cc(N)ccc12)C1CC1. The van der Waals surface area contributed by atoms with Crippen LogP contribution in [-0.4, -0.2) is 11.0 Å². The van der Waals surface area contributed by atoms with E-state index in [0.29, 0.717) is 6.04 Å². The summed E-state index contributed by atoms with van der Waals surface area (Å²) in [6.07, 6.45) is 4.54. The molecule has 1 aliphatic carbocycles. The molecular weight excluding hydrogens is 210 g/mol. The zero-order valence-corrected chi connectivity index (χ0v) is 9.98. The molecule has 1 saturated carbocycles. The van der Waals surface area contributed by atoms with Crippen LogP contribution in [0.25, 0.3) is 10.9 Å². The van der Waals surface area contributed by atoms with Gasteiger partial charge in [-0.1, -0.05) is 0 Å². The lowest BCUT2D eigenvalue weighted by Crippen LogP contribution is -2.17. The van der Waals surface area contributed by atoms with E-state index in [1.54, 1.807) is 0 Å². The van der Waals surface area contributed by atoms with Crippen LogP contribution < -0.4 is 11.1 Å². The number of aromatic nitrogens is 1. The molecule has 17 heavy (non-hydrogen) atoms. The molecule has 1 aromatic carbocycles. The van der Waals surface area contributed by atoms with Crippen LogP contribution >= 0.6 is 0 Å². The van der Waals surface area contributed by atoms with Crippen molar-refractivity contribution in [1.82, 2.24) is 4.98 Å². The molecule has 1 fully saturated rings. The van der Waals surface area contributed by atoms with Gasteiger partial charge in [0.15, 0.2) is 0 Å². The average molecular weight is 227 g/mol. The fourth-order valence-corrected chi connectivity index (χ4v) is 2.25. The largest absolute Gasteiger partial charge is 0.399 e. The molecule has 2 aromatic rings. The number of rotatable bonds is 3. The van der Waals surface area contributed by atoms with Crippen LogP contribution in [0.1, 0.15) is 19.8 Å². The Bertz CT molecular complexity index is 546. The Labute approximate surface area is 101 Å². The summed E-state index contributed by atoms with van der Waals surface area (Å²) in [5.41, 5.74) is 8.65. The minimum atomic E-state index is 0.540. The minimum absolute atomic E-state index is 0.540. The number of hydrogen-bond acceptors (Lipinski definition) is 3. The first-order valence-corrected chi connectivity index (χ1v) is 6.15. The van der Waals surface area contributed by atoms with Gasteiger partial charge in [0.1, 0.15) is 0 Å². The topological polar surface area (TPSA) is 50.9 Å². The summed E-state index contributed by atoms with van der Waals surface area (Å²) < 4.78 is 0. The van der Waals surface area contributed by atoms with Gasteiger partial charge in [0, 0.05) is 29.0 Å². The Kier molecular flexibility index (Phi) is 2.39. The number of benzene rings is 1. The Morgan fingerprint density at radius 1 is 1.35 bits per heavy atom. The van der Waals surface area contributed by atoms with E-state index in [0.717, 1.165) is 28.2 Å². The van der Waals surface area contributed by atoms with E-state index >= 15 is 0 Å². The van der Waals surface area contributed by atoms with Crippen molar-refractivity contribution in [2.75, 3.05) is 11.1 Å². The van der Waals surface area contributed by atoms with E-state index in [4.69, 9.17) is 5.73 Å². The monoisotopic (exact) mass is 227 g/mol. The van der Waals surface area contributed by atoms with Gasteiger partial charge >= 0.3 is 0 Å². The third-order valence-electron chi connectivity index (χ3n) is 3.48. The molecule has 0 bridgehead atoms. The van der Waals surface area contributed by atoms with E-state index in [-0.39, 0.29) is 0 Å². The summed E-state index contributed by atoms with van der Waals surface area (Å²) in [7, 11) is 0. The van der Waals surface area contributed by atoms with Gasteiger partial charge in [-0.25, -0.2) is 0 Å². The molecule has 0 aliphatic heterocycles. The van der Waals surface area contributed by atoms with Crippen LogP contribution in [0, 0.1) is 5.92 Å². The smallest absolute Gasteiger partial charge is 0.0743 e. The first kappa shape index (κ1) is 10.4. The van der Waals surface area contributed by atoms with Crippen molar-refractivity contribution in [2.24, 2.45) is 5.92 Å². The third kappa shape index (κ3) is 2.05.